The topological polar surface area (TPSA) is 70.2 Å². The molecule has 0 unspecified atom stereocenters. The predicted octanol–water partition coefficient (Wildman–Crippen LogP) is 0.903. The van der Waals surface area contributed by atoms with Crippen LogP contribution in [0.15, 0.2) is 24.3 Å². The molecule has 0 radical (unpaired) electrons. The van der Waals surface area contributed by atoms with E-state index in [1.807, 2.05) is 0 Å². The van der Waals surface area contributed by atoms with Crippen molar-refractivity contribution in [2.75, 3.05) is 6.54 Å². The zero-order chi connectivity index (χ0) is 13.7. The first-order chi connectivity index (χ1) is 9.15. The summed E-state index contributed by atoms with van der Waals surface area (Å²) < 4.78 is 13.3. The summed E-state index contributed by atoms with van der Waals surface area (Å²) in [6.07, 6.45) is 1.99. The number of carbonyl (C=O) groups is 2. The van der Waals surface area contributed by atoms with E-state index in [9.17, 15) is 14.0 Å². The minimum absolute atomic E-state index is 0.109. The lowest BCUT2D eigenvalue weighted by molar-refractivity contribution is -0.120. The van der Waals surface area contributed by atoms with E-state index in [1.165, 1.54) is 6.07 Å². The zero-order valence-corrected chi connectivity index (χ0v) is 10.4. The summed E-state index contributed by atoms with van der Waals surface area (Å²) in [5.74, 6) is -0.712. The number of benzene rings is 1. The minimum atomic E-state index is -0.359. The van der Waals surface area contributed by atoms with E-state index in [2.05, 4.69) is 16.0 Å². The van der Waals surface area contributed by atoms with Crippen LogP contribution in [0, 0.1) is 5.82 Å². The Hall–Kier alpha value is -2.11. The Morgan fingerprint density at radius 2 is 1.95 bits per heavy atom. The van der Waals surface area contributed by atoms with Crippen molar-refractivity contribution in [3.63, 3.8) is 0 Å². The number of hydrogen-bond donors (Lipinski definition) is 3. The summed E-state index contributed by atoms with van der Waals surface area (Å²) in [5, 5.41) is 7.69. The molecule has 0 aliphatic heterocycles. The first-order valence-electron chi connectivity index (χ1n) is 6.19. The molecule has 1 aromatic carbocycles. The van der Waals surface area contributed by atoms with Crippen LogP contribution in [0.1, 0.15) is 18.4 Å². The molecule has 0 bridgehead atoms. The van der Waals surface area contributed by atoms with Gasteiger partial charge in [-0.3, -0.25) is 4.79 Å². The van der Waals surface area contributed by atoms with Crippen molar-refractivity contribution in [1.29, 1.82) is 0 Å². The van der Waals surface area contributed by atoms with Gasteiger partial charge in [0.1, 0.15) is 5.82 Å². The quantitative estimate of drug-likeness (QED) is 0.740. The van der Waals surface area contributed by atoms with Crippen molar-refractivity contribution in [3.8, 4) is 0 Å². The van der Waals surface area contributed by atoms with Crippen molar-refractivity contribution in [1.82, 2.24) is 16.0 Å². The molecular formula is C13H16FN3O2. The van der Waals surface area contributed by atoms with Gasteiger partial charge in [0.25, 0.3) is 0 Å². The Balaban J connectivity index is 1.66. The largest absolute Gasteiger partial charge is 0.350 e. The smallest absolute Gasteiger partial charge is 0.315 e. The standard InChI is InChI=1S/C13H16FN3O2/c14-11-4-2-1-3-9(11)7-15-12(18)8-16-13(19)17-10-5-6-10/h1-4,10H,5-8H2,(H,15,18)(H2,16,17,19). The first kappa shape index (κ1) is 13.3. The molecule has 3 N–H and O–H groups in total. The number of halogens is 1. The molecule has 1 aliphatic rings. The molecule has 19 heavy (non-hydrogen) atoms. The van der Waals surface area contributed by atoms with E-state index in [0.29, 0.717) is 5.56 Å². The molecule has 1 aliphatic carbocycles. The predicted molar refractivity (Wildman–Crippen MR) is 67.8 cm³/mol. The molecule has 1 saturated carbocycles. The molecule has 0 spiro atoms. The van der Waals surface area contributed by atoms with Gasteiger partial charge in [-0.2, -0.15) is 0 Å². The normalized spacial score (nSPS) is 13.7. The molecule has 1 fully saturated rings. The maximum Gasteiger partial charge on any atom is 0.315 e. The van der Waals surface area contributed by atoms with E-state index in [1.54, 1.807) is 18.2 Å². The number of rotatable bonds is 5. The highest BCUT2D eigenvalue weighted by atomic mass is 19.1. The SMILES string of the molecule is O=C(CNC(=O)NC1CC1)NCc1ccccc1F. The number of carbonyl (C=O) groups excluding carboxylic acids is 2. The van der Waals surface area contributed by atoms with Gasteiger partial charge in [-0.15, -0.1) is 0 Å². The summed E-state index contributed by atoms with van der Waals surface area (Å²) in [7, 11) is 0. The van der Waals surface area contributed by atoms with Crippen molar-refractivity contribution >= 4 is 11.9 Å². The van der Waals surface area contributed by atoms with E-state index < -0.39 is 0 Å². The first-order valence-corrected chi connectivity index (χ1v) is 6.19. The summed E-state index contributed by atoms with van der Waals surface area (Å²) >= 11 is 0. The molecule has 0 saturated heterocycles. The van der Waals surface area contributed by atoms with Crippen molar-refractivity contribution in [2.24, 2.45) is 0 Å². The molecule has 0 aromatic heterocycles. The van der Waals surface area contributed by atoms with Crippen LogP contribution in [0.4, 0.5) is 9.18 Å². The van der Waals surface area contributed by atoms with Gasteiger partial charge in [0.15, 0.2) is 0 Å². The minimum Gasteiger partial charge on any atom is -0.350 e. The van der Waals surface area contributed by atoms with Crippen molar-refractivity contribution in [2.45, 2.75) is 25.4 Å². The van der Waals surface area contributed by atoms with Crippen LogP contribution in [0.3, 0.4) is 0 Å². The molecule has 0 atom stereocenters. The maximum atomic E-state index is 13.3. The van der Waals surface area contributed by atoms with Crippen LogP contribution in [-0.2, 0) is 11.3 Å². The third-order valence-electron chi connectivity index (χ3n) is 2.76. The highest BCUT2D eigenvalue weighted by molar-refractivity contribution is 5.84. The Labute approximate surface area is 110 Å². The molecule has 102 valence electrons. The van der Waals surface area contributed by atoms with Gasteiger partial charge in [-0.25, -0.2) is 9.18 Å². The Morgan fingerprint density at radius 3 is 2.63 bits per heavy atom. The average molecular weight is 265 g/mol. The van der Waals surface area contributed by atoms with E-state index >= 15 is 0 Å². The monoisotopic (exact) mass is 265 g/mol. The van der Waals surface area contributed by atoms with E-state index in [0.717, 1.165) is 12.8 Å². The number of hydrogen-bond acceptors (Lipinski definition) is 2. The summed E-state index contributed by atoms with van der Waals surface area (Å²) in [6, 6.07) is 6.13. The lowest BCUT2D eigenvalue weighted by Crippen LogP contribution is -2.42. The lowest BCUT2D eigenvalue weighted by atomic mass is 10.2. The molecule has 3 amide bonds. The Kier molecular flexibility index (Phi) is 4.33. The number of urea groups is 1. The van der Waals surface area contributed by atoms with Crippen molar-refractivity contribution in [3.05, 3.63) is 35.6 Å². The maximum absolute atomic E-state index is 13.3. The number of nitrogens with one attached hydrogen (secondary N) is 3. The van der Waals surface area contributed by atoms with Gasteiger partial charge < -0.3 is 16.0 Å². The molecule has 1 aromatic rings. The fraction of sp³-hybridized carbons (Fsp3) is 0.385. The second-order valence-electron chi connectivity index (χ2n) is 4.47. The summed E-state index contributed by atoms with van der Waals surface area (Å²) in [6.45, 7) is -0.00949. The third-order valence-corrected chi connectivity index (χ3v) is 2.76. The Bertz CT molecular complexity index is 475. The molecule has 6 heteroatoms. The molecule has 5 nitrogen and oxygen atoms in total. The van der Waals surface area contributed by atoms with Gasteiger partial charge in [0.2, 0.25) is 5.91 Å². The van der Waals surface area contributed by atoms with E-state index in [4.69, 9.17) is 0 Å². The highest BCUT2D eigenvalue weighted by Crippen LogP contribution is 2.18. The highest BCUT2D eigenvalue weighted by Gasteiger charge is 2.23. The van der Waals surface area contributed by atoms with Crippen LogP contribution >= 0.6 is 0 Å². The summed E-state index contributed by atoms with van der Waals surface area (Å²) in [4.78, 5) is 22.7. The lowest BCUT2D eigenvalue weighted by Gasteiger charge is -2.08. The van der Waals surface area contributed by atoms with Gasteiger partial charge in [0, 0.05) is 18.2 Å². The third kappa shape index (κ3) is 4.57. The van der Waals surface area contributed by atoms with Crippen LogP contribution in [0.5, 0.6) is 0 Å². The van der Waals surface area contributed by atoms with E-state index in [-0.39, 0.29) is 36.9 Å². The van der Waals surface area contributed by atoms with Gasteiger partial charge in [-0.05, 0) is 18.9 Å². The van der Waals surface area contributed by atoms with Gasteiger partial charge >= 0.3 is 6.03 Å². The second-order valence-corrected chi connectivity index (χ2v) is 4.47. The van der Waals surface area contributed by atoms with Crippen molar-refractivity contribution < 1.29 is 14.0 Å². The van der Waals surface area contributed by atoms with Crippen LogP contribution < -0.4 is 16.0 Å². The van der Waals surface area contributed by atoms with Gasteiger partial charge in [0.05, 0.1) is 6.54 Å². The summed E-state index contributed by atoms with van der Waals surface area (Å²) in [5.41, 5.74) is 0.415. The Morgan fingerprint density at radius 1 is 1.21 bits per heavy atom. The molecular weight excluding hydrogens is 249 g/mol. The van der Waals surface area contributed by atoms with Crippen LogP contribution in [-0.4, -0.2) is 24.5 Å². The van der Waals surface area contributed by atoms with Gasteiger partial charge in [-0.1, -0.05) is 18.2 Å². The van der Waals surface area contributed by atoms with Crippen LogP contribution in [0.25, 0.3) is 0 Å². The zero-order valence-electron chi connectivity index (χ0n) is 10.4. The molecule has 0 heterocycles. The molecule has 2 rings (SSSR count). The number of amides is 3. The van der Waals surface area contributed by atoms with Crippen LogP contribution in [0.2, 0.25) is 0 Å². The fourth-order valence-electron chi connectivity index (χ4n) is 1.52. The second kappa shape index (κ2) is 6.17. The fourth-order valence-corrected chi connectivity index (χ4v) is 1.52. The average Bonchev–Trinajstić information content (AvgIpc) is 3.19.